The lowest BCUT2D eigenvalue weighted by Crippen LogP contribution is -2.37. The summed E-state index contributed by atoms with van der Waals surface area (Å²) in [6.07, 6.45) is 7.71. The fourth-order valence-corrected chi connectivity index (χ4v) is 4.04. The van der Waals surface area contributed by atoms with E-state index in [9.17, 15) is 14.9 Å². The molecule has 1 amide bonds. The van der Waals surface area contributed by atoms with E-state index >= 15 is 0 Å². The molecule has 27 heavy (non-hydrogen) atoms. The second-order valence-corrected chi connectivity index (χ2v) is 7.19. The Kier molecular flexibility index (Phi) is 4.79. The molecule has 1 atom stereocenters. The molecule has 2 aromatic rings. The maximum Gasteiger partial charge on any atom is 0.282 e. The average molecular weight is 369 g/mol. The maximum atomic E-state index is 12.8. The summed E-state index contributed by atoms with van der Waals surface area (Å²) < 4.78 is 1.97. The first kappa shape index (κ1) is 17.5. The van der Waals surface area contributed by atoms with E-state index in [0.29, 0.717) is 13.1 Å². The molecule has 0 aliphatic carbocycles. The highest BCUT2D eigenvalue weighted by atomic mass is 16.6. The fraction of sp³-hybridized carbons (Fsp3) is 0.474. The van der Waals surface area contributed by atoms with E-state index < -0.39 is 4.92 Å². The summed E-state index contributed by atoms with van der Waals surface area (Å²) in [4.78, 5) is 27.7. The third-order valence-corrected chi connectivity index (χ3v) is 5.46. The zero-order valence-electron chi connectivity index (χ0n) is 15.2. The number of nitrogens with zero attached hydrogens (tertiary/aromatic N) is 5. The Hall–Kier alpha value is -2.90. The van der Waals surface area contributed by atoms with Crippen molar-refractivity contribution in [1.29, 1.82) is 0 Å². The van der Waals surface area contributed by atoms with Crippen LogP contribution in [0.3, 0.4) is 0 Å². The summed E-state index contributed by atoms with van der Waals surface area (Å²) in [5.41, 5.74) is 0.942. The molecule has 2 aliphatic rings. The minimum atomic E-state index is -0.462. The van der Waals surface area contributed by atoms with Gasteiger partial charge < -0.3 is 9.80 Å². The minimum absolute atomic E-state index is 0.115. The van der Waals surface area contributed by atoms with Crippen LogP contribution in [0.1, 0.15) is 42.1 Å². The molecule has 0 N–H and O–H groups in total. The number of nitro groups is 1. The Bertz CT molecular complexity index is 830. The van der Waals surface area contributed by atoms with Crippen LogP contribution in [0.4, 0.5) is 11.4 Å². The quantitative estimate of drug-likeness (QED) is 0.611. The predicted molar refractivity (Wildman–Crippen MR) is 101 cm³/mol. The van der Waals surface area contributed by atoms with Crippen LogP contribution < -0.4 is 4.90 Å². The number of carbonyl (C=O) groups is 1. The number of carbonyl (C=O) groups excluding carboxylic acids is 1. The van der Waals surface area contributed by atoms with Gasteiger partial charge >= 0.3 is 0 Å². The number of piperidine rings is 1. The van der Waals surface area contributed by atoms with E-state index in [1.54, 1.807) is 23.2 Å². The number of aromatic nitrogens is 2. The molecule has 0 radical (unpaired) electrons. The Morgan fingerprint density at radius 3 is 2.70 bits per heavy atom. The molecule has 4 rings (SSSR count). The molecule has 1 unspecified atom stereocenters. The molecule has 0 spiro atoms. The zero-order valence-corrected chi connectivity index (χ0v) is 15.2. The number of benzene rings is 1. The average Bonchev–Trinajstić information content (AvgIpc) is 3.41. The number of amides is 1. The second-order valence-electron chi connectivity index (χ2n) is 7.19. The predicted octanol–water partition coefficient (Wildman–Crippen LogP) is 2.87. The van der Waals surface area contributed by atoms with Crippen LogP contribution >= 0.6 is 0 Å². The third-order valence-electron chi connectivity index (χ3n) is 5.46. The molecule has 3 heterocycles. The van der Waals surface area contributed by atoms with Gasteiger partial charge in [-0.05, 0) is 43.9 Å². The van der Waals surface area contributed by atoms with E-state index in [1.807, 2.05) is 16.9 Å². The van der Waals surface area contributed by atoms with Crippen molar-refractivity contribution < 1.29 is 9.72 Å². The SMILES string of the molecule is O=C(c1cc(N2CCCC(n3cccn3)C2)ccc1[N+](=O)[O-])N1CCCC1. The molecule has 0 bridgehead atoms. The molecule has 8 heteroatoms. The first-order valence-electron chi connectivity index (χ1n) is 9.45. The lowest BCUT2D eigenvalue weighted by molar-refractivity contribution is -0.385. The topological polar surface area (TPSA) is 84.5 Å². The summed E-state index contributed by atoms with van der Waals surface area (Å²) in [5.74, 6) is -0.235. The smallest absolute Gasteiger partial charge is 0.282 e. The van der Waals surface area contributed by atoms with E-state index in [2.05, 4.69) is 10.00 Å². The molecule has 1 aromatic heterocycles. The Labute approximate surface area is 157 Å². The number of hydrogen-bond acceptors (Lipinski definition) is 5. The molecular weight excluding hydrogens is 346 g/mol. The van der Waals surface area contributed by atoms with Crippen molar-refractivity contribution in [3.05, 3.63) is 52.3 Å². The monoisotopic (exact) mass is 369 g/mol. The Morgan fingerprint density at radius 2 is 2.00 bits per heavy atom. The van der Waals surface area contributed by atoms with Crippen LogP contribution in [0.2, 0.25) is 0 Å². The highest BCUT2D eigenvalue weighted by Crippen LogP contribution is 2.31. The van der Waals surface area contributed by atoms with Gasteiger partial charge in [0.2, 0.25) is 0 Å². The number of likely N-dealkylation sites (tertiary alicyclic amines) is 1. The largest absolute Gasteiger partial charge is 0.369 e. The highest BCUT2D eigenvalue weighted by molar-refractivity contribution is 5.99. The van der Waals surface area contributed by atoms with Crippen molar-refractivity contribution in [1.82, 2.24) is 14.7 Å². The van der Waals surface area contributed by atoms with Crippen molar-refractivity contribution in [3.63, 3.8) is 0 Å². The highest BCUT2D eigenvalue weighted by Gasteiger charge is 2.29. The lowest BCUT2D eigenvalue weighted by atomic mass is 10.0. The first-order valence-corrected chi connectivity index (χ1v) is 9.45. The van der Waals surface area contributed by atoms with E-state index in [1.165, 1.54) is 6.07 Å². The second kappa shape index (κ2) is 7.38. The Morgan fingerprint density at radius 1 is 1.19 bits per heavy atom. The first-order chi connectivity index (χ1) is 13.1. The van der Waals surface area contributed by atoms with Crippen molar-refractivity contribution in [2.45, 2.75) is 31.7 Å². The normalized spacial score (nSPS) is 20.1. The maximum absolute atomic E-state index is 12.8. The van der Waals surface area contributed by atoms with Gasteiger partial charge in [-0.1, -0.05) is 0 Å². The fourth-order valence-electron chi connectivity index (χ4n) is 4.04. The van der Waals surface area contributed by atoms with E-state index in [0.717, 1.165) is 44.5 Å². The van der Waals surface area contributed by atoms with Crippen LogP contribution in [0.15, 0.2) is 36.7 Å². The van der Waals surface area contributed by atoms with Crippen LogP contribution in [0, 0.1) is 10.1 Å². The molecule has 142 valence electrons. The number of anilines is 1. The third kappa shape index (κ3) is 3.51. The van der Waals surface area contributed by atoms with Crippen molar-refractivity contribution in [2.75, 3.05) is 31.1 Å². The van der Waals surface area contributed by atoms with Gasteiger partial charge in [0.1, 0.15) is 5.56 Å². The van der Waals surface area contributed by atoms with E-state index in [4.69, 9.17) is 0 Å². The van der Waals surface area contributed by atoms with Crippen LogP contribution in [0.25, 0.3) is 0 Å². The van der Waals surface area contributed by atoms with Crippen LogP contribution in [-0.2, 0) is 0 Å². The van der Waals surface area contributed by atoms with Crippen molar-refractivity contribution in [2.24, 2.45) is 0 Å². The summed E-state index contributed by atoms with van der Waals surface area (Å²) in [5, 5.41) is 15.8. The number of rotatable bonds is 4. The van der Waals surface area contributed by atoms with Gasteiger partial charge in [-0.25, -0.2) is 0 Å². The molecule has 8 nitrogen and oxygen atoms in total. The van der Waals surface area contributed by atoms with Crippen LogP contribution in [-0.4, -0.2) is 51.7 Å². The summed E-state index contributed by atoms with van der Waals surface area (Å²) in [6.45, 7) is 2.99. The Balaban J connectivity index is 1.62. The molecule has 2 fully saturated rings. The lowest BCUT2D eigenvalue weighted by Gasteiger charge is -2.34. The van der Waals surface area contributed by atoms with Gasteiger partial charge in [0.25, 0.3) is 11.6 Å². The van der Waals surface area contributed by atoms with Crippen molar-refractivity contribution in [3.8, 4) is 0 Å². The van der Waals surface area contributed by atoms with Gasteiger partial charge in [-0.2, -0.15) is 5.10 Å². The standard InChI is InChI=1S/C19H23N5O3/c25-19(21-9-1-2-10-21)17-13-15(6-7-18(17)24(26)27)22-11-3-5-16(14-22)23-12-4-8-20-23/h4,6-8,12-13,16H,1-3,5,9-11,14H2. The van der Waals surface area contributed by atoms with Gasteiger partial charge in [-0.15, -0.1) is 0 Å². The minimum Gasteiger partial charge on any atom is -0.369 e. The number of nitro benzene ring substituents is 1. The zero-order chi connectivity index (χ0) is 18.8. The number of hydrogen-bond donors (Lipinski definition) is 0. The van der Waals surface area contributed by atoms with Gasteiger partial charge in [0.05, 0.1) is 11.0 Å². The van der Waals surface area contributed by atoms with Gasteiger partial charge in [0, 0.05) is 50.3 Å². The molecule has 2 aliphatic heterocycles. The molecular formula is C19H23N5O3. The summed E-state index contributed by atoms with van der Waals surface area (Å²) >= 11 is 0. The van der Waals surface area contributed by atoms with E-state index in [-0.39, 0.29) is 23.2 Å². The molecule has 1 aromatic carbocycles. The van der Waals surface area contributed by atoms with Crippen LogP contribution in [0.5, 0.6) is 0 Å². The van der Waals surface area contributed by atoms with Crippen molar-refractivity contribution >= 4 is 17.3 Å². The molecule has 0 saturated carbocycles. The van der Waals surface area contributed by atoms with Gasteiger partial charge in [-0.3, -0.25) is 19.6 Å². The molecule has 2 saturated heterocycles. The van der Waals surface area contributed by atoms with Gasteiger partial charge in [0.15, 0.2) is 0 Å². The summed E-state index contributed by atoms with van der Waals surface area (Å²) in [6, 6.07) is 7.10. The summed E-state index contributed by atoms with van der Waals surface area (Å²) in [7, 11) is 0.